The Bertz CT molecular complexity index is 1690. The van der Waals surface area contributed by atoms with E-state index in [4.69, 9.17) is 10.5 Å². The summed E-state index contributed by atoms with van der Waals surface area (Å²) in [5.41, 5.74) is 5.26. The second kappa shape index (κ2) is 11.1. The molecule has 0 amide bonds. The zero-order valence-electron chi connectivity index (χ0n) is 24.5. The summed E-state index contributed by atoms with van der Waals surface area (Å²) in [6, 6.07) is 13.2. The molecule has 44 heavy (non-hydrogen) atoms. The molecule has 0 heterocycles. The second-order valence-corrected chi connectivity index (χ2v) is 12.4. The van der Waals surface area contributed by atoms with Crippen LogP contribution in [0.5, 0.6) is 11.5 Å². The van der Waals surface area contributed by atoms with Crippen LogP contribution in [0.1, 0.15) is 87.7 Å². The lowest BCUT2D eigenvalue weighted by Gasteiger charge is -2.43. The third-order valence-corrected chi connectivity index (χ3v) is 9.54. The molecule has 0 radical (unpaired) electrons. The molecule has 3 aromatic carbocycles. The van der Waals surface area contributed by atoms with Crippen molar-refractivity contribution in [3.8, 4) is 11.5 Å². The summed E-state index contributed by atoms with van der Waals surface area (Å²) in [7, 11) is 0. The first-order valence-corrected chi connectivity index (χ1v) is 14.8. The van der Waals surface area contributed by atoms with Gasteiger partial charge in [-0.05, 0) is 37.3 Å². The third-order valence-electron chi connectivity index (χ3n) is 9.54. The lowest BCUT2D eigenvalue weighted by Crippen LogP contribution is -2.51. The minimum atomic E-state index is -1.95. The molecule has 230 valence electrons. The number of aliphatic hydroxyl groups is 2. The second-order valence-electron chi connectivity index (χ2n) is 12.4. The van der Waals surface area contributed by atoms with E-state index in [0.29, 0.717) is 25.1 Å². The largest absolute Gasteiger partial charge is 0.507 e. The molecule has 3 aromatic rings. The third kappa shape index (κ3) is 4.88. The highest BCUT2D eigenvalue weighted by molar-refractivity contribution is 6.30. The Hall–Kier alpha value is -4.09. The number of nitrogens with two attached hydrogens (primary N) is 1. The summed E-state index contributed by atoms with van der Waals surface area (Å²) in [4.78, 5) is 39.7. The van der Waals surface area contributed by atoms with Crippen LogP contribution in [-0.2, 0) is 22.5 Å². The van der Waals surface area contributed by atoms with Crippen LogP contribution >= 0.6 is 0 Å². The fourth-order valence-corrected chi connectivity index (χ4v) is 7.02. The van der Waals surface area contributed by atoms with E-state index in [1.165, 1.54) is 19.1 Å². The van der Waals surface area contributed by atoms with Crippen LogP contribution in [0, 0.1) is 5.92 Å². The van der Waals surface area contributed by atoms with Crippen molar-refractivity contribution >= 4 is 23.0 Å². The Morgan fingerprint density at radius 2 is 1.61 bits per heavy atom. The molecule has 6 atom stereocenters. The fourth-order valence-electron chi connectivity index (χ4n) is 7.02. The van der Waals surface area contributed by atoms with E-state index in [0.717, 1.165) is 5.56 Å². The van der Waals surface area contributed by atoms with Crippen molar-refractivity contribution in [1.29, 1.82) is 0 Å². The number of nitrogen functional groups attached to an aromatic ring is 1. The highest BCUT2D eigenvalue weighted by Crippen LogP contribution is 2.52. The number of aromatic hydroxyl groups is 2. The van der Waals surface area contributed by atoms with Gasteiger partial charge in [-0.2, -0.15) is 0 Å². The number of benzene rings is 3. The predicted molar refractivity (Wildman–Crippen MR) is 161 cm³/mol. The van der Waals surface area contributed by atoms with Gasteiger partial charge in [-0.15, -0.1) is 0 Å². The highest BCUT2D eigenvalue weighted by atomic mass is 16.5. The zero-order valence-corrected chi connectivity index (χ0v) is 24.5. The van der Waals surface area contributed by atoms with E-state index >= 15 is 0 Å². The van der Waals surface area contributed by atoms with Gasteiger partial charge in [-0.3, -0.25) is 14.4 Å². The van der Waals surface area contributed by atoms with Crippen LogP contribution in [0.15, 0.2) is 48.5 Å². The van der Waals surface area contributed by atoms with Gasteiger partial charge in [0.15, 0.2) is 17.3 Å². The molecule has 0 aromatic heterocycles. The molecule has 10 heteroatoms. The maximum Gasteiger partial charge on any atom is 0.198 e. The smallest absolute Gasteiger partial charge is 0.198 e. The first-order chi connectivity index (χ1) is 20.9. The summed E-state index contributed by atoms with van der Waals surface area (Å²) < 4.78 is 6.53. The maximum atomic E-state index is 13.6. The molecule has 3 aliphatic rings. The number of phenolic OH excluding ortho intramolecular Hbond substituents is 2. The molecule has 7 N–H and O–H groups in total. The van der Waals surface area contributed by atoms with Gasteiger partial charge >= 0.3 is 0 Å². The zero-order chi connectivity index (χ0) is 31.5. The molecule has 1 saturated carbocycles. The Balaban J connectivity index is 1.37. The maximum absolute atomic E-state index is 13.6. The Kier molecular flexibility index (Phi) is 7.57. The summed E-state index contributed by atoms with van der Waals surface area (Å²) in [6.45, 7) is 3.55. The van der Waals surface area contributed by atoms with Crippen LogP contribution in [0.4, 0.5) is 5.69 Å². The van der Waals surface area contributed by atoms with E-state index in [1.807, 2.05) is 25.1 Å². The molecule has 0 saturated heterocycles. The number of para-hydroxylation sites is 1. The lowest BCUT2D eigenvalue weighted by molar-refractivity contribution is -0.147. The Labute approximate surface area is 254 Å². The number of carbonyl (C=O) groups is 3. The average molecular weight is 601 g/mol. The number of ether oxygens (including phenoxy) is 1. The van der Waals surface area contributed by atoms with Gasteiger partial charge in [0.1, 0.15) is 17.1 Å². The Morgan fingerprint density at radius 1 is 1.00 bits per heavy atom. The predicted octanol–water partition coefficient (Wildman–Crippen LogP) is 3.10. The van der Waals surface area contributed by atoms with Crippen molar-refractivity contribution in [2.75, 3.05) is 5.73 Å². The summed E-state index contributed by atoms with van der Waals surface area (Å²) in [5.74, 6) is -3.06. The molecule has 0 bridgehead atoms. The number of fused-ring (bicyclic) bond motifs is 3. The highest BCUT2D eigenvalue weighted by Gasteiger charge is 2.49. The molecule has 4 unspecified atom stereocenters. The monoisotopic (exact) mass is 600 g/mol. The SMILES string of the molecule is CC(=O)[C@]1(O)Cc2c(O)c3c(c(O)c2[C@@H](OC2CC(C)C(O)C(NCc4ccccc4N)C2)C1)C(=O)c1ccccc1C3=O. The number of hydrogen-bond acceptors (Lipinski definition) is 10. The van der Waals surface area contributed by atoms with Gasteiger partial charge in [0.2, 0.25) is 0 Å². The van der Waals surface area contributed by atoms with Gasteiger partial charge in [-0.1, -0.05) is 49.4 Å². The van der Waals surface area contributed by atoms with Crippen molar-refractivity contribution in [1.82, 2.24) is 5.32 Å². The minimum Gasteiger partial charge on any atom is -0.507 e. The van der Waals surface area contributed by atoms with E-state index in [1.54, 1.807) is 18.2 Å². The standard InChI is InChI=1S/C34H36N2O8/c1-16-11-19(12-24(29(16)38)36-15-18-7-3-6-10-23(18)35)44-25-14-34(43,17(2)37)13-22-26(25)33(42)28-27(32(22)41)30(39)20-8-4-5-9-21(20)31(28)40/h3-10,16,19,24-25,29,36,38,41-43H,11-15,35H2,1-2H3/t16?,19?,24?,25-,29?,34-/m0/s1. The molecule has 0 aliphatic heterocycles. The molecular weight excluding hydrogens is 564 g/mol. The molecule has 1 fully saturated rings. The van der Waals surface area contributed by atoms with Crippen LogP contribution in [0.25, 0.3) is 0 Å². The molecule has 3 aliphatic carbocycles. The average Bonchev–Trinajstić information content (AvgIpc) is 2.99. The van der Waals surface area contributed by atoms with Crippen LogP contribution in [0.2, 0.25) is 0 Å². The van der Waals surface area contributed by atoms with E-state index < -0.39 is 52.8 Å². The number of phenols is 2. The number of nitrogens with one attached hydrogen (secondary N) is 1. The normalized spacial score (nSPS) is 27.8. The number of aliphatic hydroxyl groups excluding tert-OH is 1. The van der Waals surface area contributed by atoms with Gasteiger partial charge in [0.05, 0.1) is 29.4 Å². The fraction of sp³-hybridized carbons (Fsp3) is 0.382. The molecule has 10 nitrogen and oxygen atoms in total. The number of ketones is 3. The molecule has 6 rings (SSSR count). The number of carbonyl (C=O) groups excluding carboxylic acids is 3. The van der Waals surface area contributed by atoms with Crippen LogP contribution in [-0.4, -0.2) is 61.6 Å². The molecular formula is C34H36N2O8. The van der Waals surface area contributed by atoms with E-state index in [9.17, 15) is 34.8 Å². The quantitative estimate of drug-likeness (QED) is 0.142. The van der Waals surface area contributed by atoms with Gasteiger partial charge < -0.3 is 36.2 Å². The first-order valence-electron chi connectivity index (χ1n) is 14.8. The summed E-state index contributed by atoms with van der Waals surface area (Å²) in [5, 5.41) is 48.9. The van der Waals surface area contributed by atoms with Crippen LogP contribution in [0.3, 0.4) is 0 Å². The van der Waals surface area contributed by atoms with Gasteiger partial charge in [-0.25, -0.2) is 0 Å². The van der Waals surface area contributed by atoms with Crippen molar-refractivity contribution in [2.45, 2.75) is 76.0 Å². The summed E-state index contributed by atoms with van der Waals surface area (Å²) in [6.07, 6.45) is -2.05. The minimum absolute atomic E-state index is 0.00569. The number of Topliss-reactive ketones (excluding diaryl/α,β-unsaturated/α-hetero) is 1. The number of hydrogen-bond donors (Lipinski definition) is 6. The van der Waals surface area contributed by atoms with Gasteiger partial charge in [0.25, 0.3) is 0 Å². The summed E-state index contributed by atoms with van der Waals surface area (Å²) >= 11 is 0. The van der Waals surface area contributed by atoms with Crippen molar-refractivity contribution in [3.63, 3.8) is 0 Å². The van der Waals surface area contributed by atoms with Gasteiger partial charge in [0, 0.05) is 53.4 Å². The van der Waals surface area contributed by atoms with Crippen molar-refractivity contribution in [3.05, 3.63) is 87.5 Å². The first kappa shape index (κ1) is 30.0. The number of anilines is 1. The number of rotatable bonds is 6. The van der Waals surface area contributed by atoms with E-state index in [-0.39, 0.29) is 58.2 Å². The topological polar surface area (TPSA) is 179 Å². The van der Waals surface area contributed by atoms with Crippen LogP contribution < -0.4 is 11.1 Å². The van der Waals surface area contributed by atoms with Crippen molar-refractivity contribution < 1.29 is 39.5 Å². The van der Waals surface area contributed by atoms with E-state index in [2.05, 4.69) is 5.32 Å². The molecule has 0 spiro atoms. The Morgan fingerprint density at radius 3 is 2.25 bits per heavy atom. The van der Waals surface area contributed by atoms with Crippen molar-refractivity contribution in [2.24, 2.45) is 5.92 Å². The lowest BCUT2D eigenvalue weighted by atomic mass is 9.72.